The lowest BCUT2D eigenvalue weighted by Crippen LogP contribution is -2.60. The minimum atomic E-state index is -1.52. The number of nitrogens with one attached hydrogen (secondary N) is 7. The van der Waals surface area contributed by atoms with E-state index in [-0.39, 0.29) is 38.3 Å². The third-order valence-corrected chi connectivity index (χ3v) is 11.2. The second kappa shape index (κ2) is 22.8. The van der Waals surface area contributed by atoms with E-state index in [1.165, 1.54) is 16.7 Å². The first-order chi connectivity index (χ1) is 29.9. The molecule has 0 aliphatic carbocycles. The maximum absolute atomic E-state index is 14.1. The molecule has 2 saturated heterocycles. The van der Waals surface area contributed by atoms with Gasteiger partial charge in [-0.25, -0.2) is 0 Å². The fraction of sp³-hybridized carbons (Fsp3) is 0.595. The lowest BCUT2D eigenvalue weighted by atomic mass is 10.0. The number of aromatic nitrogens is 1. The highest BCUT2D eigenvalue weighted by Gasteiger charge is 2.41. The Balaban J connectivity index is 1.38. The molecule has 2 aliphatic rings. The predicted molar refractivity (Wildman–Crippen MR) is 228 cm³/mol. The van der Waals surface area contributed by atoms with E-state index in [4.69, 9.17) is 5.73 Å². The SMILES string of the molecule is CC(C)C[C@H](NC(=O)[C@H](CO)NC(=O)[C@H](Cc1c[nH]c2ccccc12)NC(=O)CN)C(=O)N1CCC[C@H]1C(=O)NCC(=O)N[C@H](C(=O)N1CCC[C@H]1C(=O)N[C@@H](C)C(=O)O)C(C)C. The maximum Gasteiger partial charge on any atom is 0.325 e. The Labute approximate surface area is 365 Å². The van der Waals surface area contributed by atoms with Gasteiger partial charge in [0.15, 0.2) is 0 Å². The highest BCUT2D eigenvalue weighted by atomic mass is 16.4. The maximum atomic E-state index is 14.1. The molecule has 0 radical (unpaired) electrons. The first-order valence-electron chi connectivity index (χ1n) is 21.3. The molecule has 21 nitrogen and oxygen atoms in total. The van der Waals surface area contributed by atoms with Crippen LogP contribution in [0.4, 0.5) is 0 Å². The van der Waals surface area contributed by atoms with Crippen LogP contribution in [0.15, 0.2) is 30.5 Å². The topological polar surface area (TPSA) is 315 Å². The fourth-order valence-corrected chi connectivity index (χ4v) is 7.79. The standard InChI is InChI=1S/C42H62N10O11/c1-22(2)16-29(48-37(57)30(21-53)49-36(56)28(47-33(54)18-43)17-25-19-44-27-11-7-6-10-26(25)27)40(60)51-14-8-12-31(51)38(58)45-20-34(55)50-35(23(3)4)41(61)52-15-9-13-32(52)39(59)46-24(5)42(62)63/h6-7,10-11,19,22-24,28-32,35,44,53H,8-9,12-18,20-21,43H2,1-5H3,(H,45,58)(H,46,59)(H,47,54)(H,48,57)(H,49,56)(H,50,55)(H,62,63)/t24-,28-,29-,30-,31-,32-,35-/m0/s1. The number of rotatable bonds is 21. The largest absolute Gasteiger partial charge is 0.480 e. The van der Waals surface area contributed by atoms with E-state index >= 15 is 0 Å². The number of amides is 8. The third kappa shape index (κ3) is 13.2. The van der Waals surface area contributed by atoms with Crippen molar-refractivity contribution in [1.82, 2.24) is 46.7 Å². The number of para-hydroxylation sites is 1. The summed E-state index contributed by atoms with van der Waals surface area (Å²) in [5.41, 5.74) is 7.03. The molecule has 7 atom stereocenters. The Bertz CT molecular complexity index is 2000. The van der Waals surface area contributed by atoms with Crippen LogP contribution in [0, 0.1) is 11.8 Å². The number of aliphatic hydroxyl groups is 1. The molecule has 2 fully saturated rings. The van der Waals surface area contributed by atoms with Gasteiger partial charge in [0.05, 0.1) is 19.7 Å². The Kier molecular flexibility index (Phi) is 18.0. The number of aliphatic carboxylic acids is 1. The van der Waals surface area contributed by atoms with Crippen LogP contribution in [0.3, 0.4) is 0 Å². The summed E-state index contributed by atoms with van der Waals surface area (Å²) in [7, 11) is 0. The van der Waals surface area contributed by atoms with Crippen LogP contribution in [0.5, 0.6) is 0 Å². The second-order valence-corrected chi connectivity index (χ2v) is 16.8. The normalized spacial score (nSPS) is 18.6. The molecule has 1 aromatic heterocycles. The molecule has 346 valence electrons. The number of carbonyl (C=O) groups is 9. The fourth-order valence-electron chi connectivity index (χ4n) is 7.79. The van der Waals surface area contributed by atoms with E-state index in [0.29, 0.717) is 24.8 Å². The summed E-state index contributed by atoms with van der Waals surface area (Å²) in [6.45, 7) is 7.00. The number of benzene rings is 1. The van der Waals surface area contributed by atoms with Crippen LogP contribution in [0.25, 0.3) is 10.9 Å². The number of hydrogen-bond donors (Lipinski definition) is 10. The van der Waals surface area contributed by atoms with Crippen molar-refractivity contribution in [1.29, 1.82) is 0 Å². The molecule has 4 rings (SSSR count). The number of aromatic amines is 1. The number of aliphatic hydroxyl groups excluding tert-OH is 1. The molecule has 3 heterocycles. The number of likely N-dealkylation sites (tertiary alicyclic amines) is 2. The van der Waals surface area contributed by atoms with E-state index < -0.39 is 121 Å². The molecule has 2 aromatic rings. The van der Waals surface area contributed by atoms with Crippen LogP contribution >= 0.6 is 0 Å². The van der Waals surface area contributed by atoms with E-state index in [0.717, 1.165) is 10.9 Å². The van der Waals surface area contributed by atoms with Gasteiger partial charge < -0.3 is 62.6 Å². The molecule has 0 unspecified atom stereocenters. The van der Waals surface area contributed by atoms with Crippen LogP contribution in [0.2, 0.25) is 0 Å². The third-order valence-electron chi connectivity index (χ3n) is 11.2. The lowest BCUT2D eigenvalue weighted by molar-refractivity contribution is -0.145. The quantitative estimate of drug-likeness (QED) is 0.0651. The summed E-state index contributed by atoms with van der Waals surface area (Å²) in [4.78, 5) is 124. The van der Waals surface area contributed by atoms with Crippen LogP contribution < -0.4 is 37.6 Å². The van der Waals surface area contributed by atoms with Gasteiger partial charge >= 0.3 is 5.97 Å². The number of carbonyl (C=O) groups excluding carboxylic acids is 8. The van der Waals surface area contributed by atoms with E-state index in [1.807, 2.05) is 38.1 Å². The Hall–Kier alpha value is -6.09. The van der Waals surface area contributed by atoms with Crippen molar-refractivity contribution in [3.63, 3.8) is 0 Å². The lowest BCUT2D eigenvalue weighted by Gasteiger charge is -2.31. The summed E-state index contributed by atoms with van der Waals surface area (Å²) in [5.74, 6) is -7.08. The van der Waals surface area contributed by atoms with Crippen molar-refractivity contribution in [2.24, 2.45) is 17.6 Å². The first-order valence-corrected chi connectivity index (χ1v) is 21.3. The number of H-pyrrole nitrogens is 1. The van der Waals surface area contributed by atoms with Gasteiger partial charge in [-0.1, -0.05) is 45.9 Å². The molecule has 21 heteroatoms. The average molecular weight is 883 g/mol. The summed E-state index contributed by atoms with van der Waals surface area (Å²) >= 11 is 0. The molecule has 63 heavy (non-hydrogen) atoms. The molecule has 0 spiro atoms. The Morgan fingerprint density at radius 1 is 0.762 bits per heavy atom. The van der Waals surface area contributed by atoms with Crippen LogP contribution in [0.1, 0.15) is 72.3 Å². The van der Waals surface area contributed by atoms with Gasteiger partial charge in [0.2, 0.25) is 47.3 Å². The van der Waals surface area contributed by atoms with Crippen molar-refractivity contribution in [2.45, 2.75) is 115 Å². The monoisotopic (exact) mass is 882 g/mol. The van der Waals surface area contributed by atoms with Gasteiger partial charge in [0.25, 0.3) is 0 Å². The van der Waals surface area contributed by atoms with E-state index in [9.17, 15) is 53.4 Å². The van der Waals surface area contributed by atoms with Gasteiger partial charge in [0, 0.05) is 36.6 Å². The number of carboxylic acid groups (broad SMARTS) is 1. The second-order valence-electron chi connectivity index (χ2n) is 16.8. The van der Waals surface area contributed by atoms with Gasteiger partial charge in [0.1, 0.15) is 42.3 Å². The molecular weight excluding hydrogens is 821 g/mol. The molecule has 8 amide bonds. The Morgan fingerprint density at radius 2 is 1.37 bits per heavy atom. The van der Waals surface area contributed by atoms with Gasteiger partial charge in [-0.15, -0.1) is 0 Å². The van der Waals surface area contributed by atoms with Crippen molar-refractivity contribution in [3.8, 4) is 0 Å². The number of nitrogens with zero attached hydrogens (tertiary/aromatic N) is 2. The number of carboxylic acids is 1. The molecule has 0 saturated carbocycles. The van der Waals surface area contributed by atoms with E-state index in [1.54, 1.807) is 20.0 Å². The molecular formula is C42H62N10O11. The number of fused-ring (bicyclic) bond motifs is 1. The molecule has 2 aliphatic heterocycles. The minimum absolute atomic E-state index is 0.0302. The zero-order valence-corrected chi connectivity index (χ0v) is 36.4. The molecule has 1 aromatic carbocycles. The highest BCUT2D eigenvalue weighted by Crippen LogP contribution is 2.23. The average Bonchev–Trinajstić information content (AvgIpc) is 4.03. The number of hydrogen-bond acceptors (Lipinski definition) is 11. The molecule has 11 N–H and O–H groups in total. The highest BCUT2D eigenvalue weighted by molar-refractivity contribution is 5.98. The zero-order valence-electron chi connectivity index (χ0n) is 36.4. The van der Waals surface area contributed by atoms with E-state index in [2.05, 4.69) is 36.9 Å². The van der Waals surface area contributed by atoms with Crippen molar-refractivity contribution < 1.29 is 53.4 Å². The first kappa shape index (κ1) is 49.6. The summed E-state index contributed by atoms with van der Waals surface area (Å²) in [6, 6.07) is -0.638. The zero-order chi connectivity index (χ0) is 46.5. The predicted octanol–water partition coefficient (Wildman–Crippen LogP) is -2.01. The van der Waals surface area contributed by atoms with Crippen molar-refractivity contribution >= 4 is 64.1 Å². The van der Waals surface area contributed by atoms with Crippen LogP contribution in [-0.2, 0) is 49.6 Å². The van der Waals surface area contributed by atoms with Crippen LogP contribution in [-0.4, -0.2) is 153 Å². The summed E-state index contributed by atoms with van der Waals surface area (Å²) in [5, 5.41) is 35.5. The van der Waals surface area contributed by atoms with Crippen molar-refractivity contribution in [3.05, 3.63) is 36.0 Å². The smallest absolute Gasteiger partial charge is 0.325 e. The number of nitrogens with two attached hydrogens (primary N) is 1. The van der Waals surface area contributed by atoms with Gasteiger partial charge in [-0.2, -0.15) is 0 Å². The summed E-state index contributed by atoms with van der Waals surface area (Å²) in [6.07, 6.45) is 3.40. The minimum Gasteiger partial charge on any atom is -0.480 e. The summed E-state index contributed by atoms with van der Waals surface area (Å²) < 4.78 is 0. The van der Waals surface area contributed by atoms with Gasteiger partial charge in [-0.05, 0) is 62.5 Å². The Morgan fingerprint density at radius 3 is 1.97 bits per heavy atom. The van der Waals surface area contributed by atoms with Crippen molar-refractivity contribution in [2.75, 3.05) is 32.8 Å². The molecule has 0 bridgehead atoms. The van der Waals surface area contributed by atoms with Gasteiger partial charge in [-0.3, -0.25) is 43.2 Å².